The van der Waals surface area contributed by atoms with Gasteiger partial charge in [-0.2, -0.15) is 0 Å². The van der Waals surface area contributed by atoms with E-state index in [0.29, 0.717) is 13.0 Å². The molecule has 100 valence electrons. The molecule has 1 atom stereocenters. The maximum atomic E-state index is 12.1. The van der Waals surface area contributed by atoms with E-state index >= 15 is 0 Å². The first kappa shape index (κ1) is 13.1. The summed E-state index contributed by atoms with van der Waals surface area (Å²) in [5, 5.41) is 2.74. The second-order valence-electron chi connectivity index (χ2n) is 5.15. The zero-order valence-corrected chi connectivity index (χ0v) is 11.1. The van der Waals surface area contributed by atoms with Gasteiger partial charge in [-0.25, -0.2) is 0 Å². The van der Waals surface area contributed by atoms with E-state index in [1.807, 2.05) is 6.92 Å². The lowest BCUT2D eigenvalue weighted by atomic mass is 9.97. The second kappa shape index (κ2) is 6.03. The van der Waals surface area contributed by atoms with Crippen LogP contribution in [-0.2, 0) is 9.59 Å². The van der Waals surface area contributed by atoms with Crippen LogP contribution in [0, 0.1) is 0 Å². The van der Waals surface area contributed by atoms with Crippen LogP contribution in [0.2, 0.25) is 0 Å². The molecule has 2 amide bonds. The van der Waals surface area contributed by atoms with Crippen molar-refractivity contribution < 1.29 is 9.59 Å². The predicted molar refractivity (Wildman–Crippen MR) is 70.0 cm³/mol. The highest BCUT2D eigenvalue weighted by atomic mass is 16.2. The lowest BCUT2D eigenvalue weighted by Gasteiger charge is -2.32. The van der Waals surface area contributed by atoms with Gasteiger partial charge in [0.15, 0.2) is 0 Å². The summed E-state index contributed by atoms with van der Waals surface area (Å²) in [5.41, 5.74) is 1.45. The van der Waals surface area contributed by atoms with Crippen LogP contribution in [0.25, 0.3) is 0 Å². The predicted octanol–water partition coefficient (Wildman–Crippen LogP) is 1.61. The zero-order valence-electron chi connectivity index (χ0n) is 11.1. The highest BCUT2D eigenvalue weighted by molar-refractivity contribution is 5.94. The minimum atomic E-state index is -0.313. The lowest BCUT2D eigenvalue weighted by molar-refractivity contribution is -0.144. The third kappa shape index (κ3) is 3.12. The molecule has 18 heavy (non-hydrogen) atoms. The first-order valence-electron chi connectivity index (χ1n) is 6.96. The molecular formula is C14H22N2O2. The third-order valence-corrected chi connectivity index (χ3v) is 3.78. The molecule has 1 fully saturated rings. The normalized spacial score (nSPS) is 24.8. The number of piperazine rings is 1. The second-order valence-corrected chi connectivity index (χ2v) is 5.15. The van der Waals surface area contributed by atoms with Gasteiger partial charge < -0.3 is 10.2 Å². The molecule has 0 aromatic carbocycles. The molecule has 2 aliphatic rings. The Morgan fingerprint density at radius 2 is 2.22 bits per heavy atom. The summed E-state index contributed by atoms with van der Waals surface area (Å²) in [6.45, 7) is 2.84. The Hall–Kier alpha value is -1.32. The van der Waals surface area contributed by atoms with E-state index in [2.05, 4.69) is 11.4 Å². The first-order valence-corrected chi connectivity index (χ1v) is 6.96. The van der Waals surface area contributed by atoms with Crippen LogP contribution in [0.15, 0.2) is 11.6 Å². The molecule has 2 rings (SSSR count). The molecular weight excluding hydrogens is 228 g/mol. The van der Waals surface area contributed by atoms with Crippen molar-refractivity contribution in [1.29, 1.82) is 0 Å². The number of nitrogens with one attached hydrogen (secondary N) is 1. The van der Waals surface area contributed by atoms with Crippen LogP contribution < -0.4 is 5.32 Å². The number of allylic oxidation sites excluding steroid dienone is 1. The SMILES string of the molecule is CCC1NC(=O)CN(CCC2=CCCCC2)C1=O. The first-order chi connectivity index (χ1) is 8.70. The molecule has 1 saturated heterocycles. The fraction of sp³-hybridized carbons (Fsp3) is 0.714. The van der Waals surface area contributed by atoms with Crippen LogP contribution in [0.4, 0.5) is 0 Å². The fourth-order valence-electron chi connectivity index (χ4n) is 2.65. The summed E-state index contributed by atoms with van der Waals surface area (Å²) in [6, 6.07) is -0.313. The Balaban J connectivity index is 1.89. The Bertz CT molecular complexity index is 363. The van der Waals surface area contributed by atoms with Crippen LogP contribution in [0.3, 0.4) is 0 Å². The van der Waals surface area contributed by atoms with Crippen molar-refractivity contribution >= 4 is 11.8 Å². The molecule has 4 heteroatoms. The molecule has 0 bridgehead atoms. The maximum Gasteiger partial charge on any atom is 0.245 e. The Kier molecular flexibility index (Phi) is 4.39. The zero-order chi connectivity index (χ0) is 13.0. The molecule has 1 heterocycles. The van der Waals surface area contributed by atoms with Gasteiger partial charge in [0.05, 0.1) is 6.54 Å². The smallest absolute Gasteiger partial charge is 0.245 e. The molecule has 1 aliphatic carbocycles. The van der Waals surface area contributed by atoms with E-state index in [0.717, 1.165) is 12.8 Å². The van der Waals surface area contributed by atoms with Gasteiger partial charge in [0.1, 0.15) is 6.04 Å². The number of carbonyl (C=O) groups excluding carboxylic acids is 2. The molecule has 1 unspecified atom stereocenters. The Labute approximate surface area is 108 Å². The van der Waals surface area contributed by atoms with Crippen molar-refractivity contribution in [3.63, 3.8) is 0 Å². The molecule has 1 N–H and O–H groups in total. The number of rotatable bonds is 4. The summed E-state index contributed by atoms with van der Waals surface area (Å²) >= 11 is 0. The van der Waals surface area contributed by atoms with Crippen LogP contribution >= 0.6 is 0 Å². The summed E-state index contributed by atoms with van der Waals surface area (Å²) in [5.74, 6) is 0.0487. The van der Waals surface area contributed by atoms with Crippen LogP contribution in [0.1, 0.15) is 45.4 Å². The van der Waals surface area contributed by atoms with Crippen LogP contribution in [0.5, 0.6) is 0 Å². The number of hydrogen-bond acceptors (Lipinski definition) is 2. The number of amides is 2. The van der Waals surface area contributed by atoms with Crippen molar-refractivity contribution in [3.05, 3.63) is 11.6 Å². The van der Waals surface area contributed by atoms with Crippen molar-refractivity contribution in [1.82, 2.24) is 10.2 Å². The summed E-state index contributed by atoms with van der Waals surface area (Å²) < 4.78 is 0. The number of carbonyl (C=O) groups is 2. The number of nitrogens with zero attached hydrogens (tertiary/aromatic N) is 1. The van der Waals surface area contributed by atoms with Gasteiger partial charge in [0.2, 0.25) is 11.8 Å². The topological polar surface area (TPSA) is 49.4 Å². The maximum absolute atomic E-state index is 12.1. The van der Waals surface area contributed by atoms with E-state index < -0.39 is 0 Å². The average Bonchev–Trinajstić information content (AvgIpc) is 2.40. The van der Waals surface area contributed by atoms with E-state index in [-0.39, 0.29) is 24.4 Å². The molecule has 0 spiro atoms. The molecule has 0 radical (unpaired) electrons. The monoisotopic (exact) mass is 250 g/mol. The van der Waals surface area contributed by atoms with Gasteiger partial charge in [0, 0.05) is 6.54 Å². The quantitative estimate of drug-likeness (QED) is 0.771. The van der Waals surface area contributed by atoms with Crippen LogP contribution in [-0.4, -0.2) is 35.8 Å². The molecule has 0 saturated carbocycles. The largest absolute Gasteiger partial charge is 0.343 e. The van der Waals surface area contributed by atoms with E-state index in [1.165, 1.54) is 24.8 Å². The Morgan fingerprint density at radius 3 is 2.89 bits per heavy atom. The Morgan fingerprint density at radius 1 is 1.39 bits per heavy atom. The summed E-state index contributed by atoms with van der Waals surface area (Å²) in [7, 11) is 0. The van der Waals surface area contributed by atoms with Crippen molar-refractivity contribution in [2.45, 2.75) is 51.5 Å². The highest BCUT2D eigenvalue weighted by Gasteiger charge is 2.30. The minimum absolute atomic E-state index is 0.0286. The van der Waals surface area contributed by atoms with Gasteiger partial charge in [-0.05, 0) is 38.5 Å². The highest BCUT2D eigenvalue weighted by Crippen LogP contribution is 2.20. The molecule has 1 aliphatic heterocycles. The third-order valence-electron chi connectivity index (χ3n) is 3.78. The number of hydrogen-bond donors (Lipinski definition) is 1. The molecule has 4 nitrogen and oxygen atoms in total. The fourth-order valence-corrected chi connectivity index (χ4v) is 2.65. The van der Waals surface area contributed by atoms with Gasteiger partial charge in [-0.3, -0.25) is 9.59 Å². The van der Waals surface area contributed by atoms with Gasteiger partial charge in [-0.1, -0.05) is 18.6 Å². The molecule has 0 aromatic heterocycles. The van der Waals surface area contributed by atoms with Crippen molar-refractivity contribution in [3.8, 4) is 0 Å². The molecule has 0 aromatic rings. The van der Waals surface area contributed by atoms with Gasteiger partial charge >= 0.3 is 0 Å². The van der Waals surface area contributed by atoms with Gasteiger partial charge in [0.25, 0.3) is 0 Å². The van der Waals surface area contributed by atoms with Gasteiger partial charge in [-0.15, -0.1) is 0 Å². The minimum Gasteiger partial charge on any atom is -0.343 e. The van der Waals surface area contributed by atoms with Crippen molar-refractivity contribution in [2.75, 3.05) is 13.1 Å². The lowest BCUT2D eigenvalue weighted by Crippen LogP contribution is -2.57. The van der Waals surface area contributed by atoms with Crippen molar-refractivity contribution in [2.24, 2.45) is 0 Å². The van der Waals surface area contributed by atoms with E-state index in [9.17, 15) is 9.59 Å². The average molecular weight is 250 g/mol. The van der Waals surface area contributed by atoms with E-state index in [1.54, 1.807) is 4.90 Å². The standard InChI is InChI=1S/C14H22N2O2/c1-2-12-14(18)16(10-13(17)15-12)9-8-11-6-4-3-5-7-11/h6,12H,2-5,7-10H2,1H3,(H,15,17). The summed E-state index contributed by atoms with van der Waals surface area (Å²) in [4.78, 5) is 25.3. The van der Waals surface area contributed by atoms with E-state index in [4.69, 9.17) is 0 Å². The summed E-state index contributed by atoms with van der Waals surface area (Å²) in [6.07, 6.45) is 8.77.